The van der Waals surface area contributed by atoms with E-state index in [1.807, 2.05) is 12.1 Å². The van der Waals surface area contributed by atoms with Crippen molar-refractivity contribution in [1.82, 2.24) is 30.3 Å². The summed E-state index contributed by atoms with van der Waals surface area (Å²) < 4.78 is 7.11. The van der Waals surface area contributed by atoms with Crippen LogP contribution in [0.4, 0.5) is 0 Å². The van der Waals surface area contributed by atoms with Crippen molar-refractivity contribution in [2.45, 2.75) is 26.3 Å². The molecule has 0 bridgehead atoms. The van der Waals surface area contributed by atoms with Gasteiger partial charge in [-0.3, -0.25) is 9.59 Å². The first-order valence-corrected chi connectivity index (χ1v) is 9.07. The summed E-state index contributed by atoms with van der Waals surface area (Å²) in [6.07, 6.45) is 5.64. The fourth-order valence-electron chi connectivity index (χ4n) is 2.68. The van der Waals surface area contributed by atoms with Crippen LogP contribution in [-0.4, -0.2) is 37.5 Å². The van der Waals surface area contributed by atoms with Crippen molar-refractivity contribution in [2.24, 2.45) is 5.92 Å². The number of carbonyl (C=O) groups excluding carboxylic acids is 1. The number of carbonyl (C=O) groups is 1. The van der Waals surface area contributed by atoms with Crippen LogP contribution in [0.25, 0.3) is 5.82 Å². The number of pyridine rings is 1. The fourth-order valence-corrected chi connectivity index (χ4v) is 2.68. The molecule has 9 heteroatoms. The Kier molecular flexibility index (Phi) is 4.88. The van der Waals surface area contributed by atoms with Gasteiger partial charge in [0.05, 0.1) is 24.1 Å². The molecule has 9 nitrogen and oxygen atoms in total. The van der Waals surface area contributed by atoms with Gasteiger partial charge in [0.2, 0.25) is 5.88 Å². The van der Waals surface area contributed by atoms with Gasteiger partial charge in [0.15, 0.2) is 5.82 Å². The highest BCUT2D eigenvalue weighted by Crippen LogP contribution is 2.29. The second kappa shape index (κ2) is 7.63. The summed E-state index contributed by atoms with van der Waals surface area (Å²) in [5, 5.41) is 13.3. The second-order valence-electron chi connectivity index (χ2n) is 6.78. The average Bonchev–Trinajstić information content (AvgIpc) is 3.47. The third kappa shape index (κ3) is 4.08. The van der Waals surface area contributed by atoms with Gasteiger partial charge in [0, 0.05) is 24.9 Å². The van der Waals surface area contributed by atoms with E-state index >= 15 is 0 Å². The largest absolute Gasteiger partial charge is 0.477 e. The normalized spacial score (nSPS) is 13.3. The first-order valence-electron chi connectivity index (χ1n) is 9.07. The monoisotopic (exact) mass is 380 g/mol. The Balaban J connectivity index is 1.37. The zero-order chi connectivity index (χ0) is 19.5. The van der Waals surface area contributed by atoms with Crippen LogP contribution in [0.15, 0.2) is 41.5 Å². The Morgan fingerprint density at radius 2 is 2.14 bits per heavy atom. The van der Waals surface area contributed by atoms with Gasteiger partial charge in [0.25, 0.3) is 11.5 Å². The molecule has 0 unspecified atom stereocenters. The highest BCUT2D eigenvalue weighted by Gasteiger charge is 2.22. The smallest absolute Gasteiger partial charge is 0.264 e. The maximum Gasteiger partial charge on any atom is 0.264 e. The molecule has 1 amide bonds. The third-order valence-corrected chi connectivity index (χ3v) is 4.55. The number of hydrogen-bond acceptors (Lipinski definition) is 6. The molecule has 1 aliphatic rings. The molecule has 4 rings (SSSR count). The molecule has 1 fully saturated rings. The van der Waals surface area contributed by atoms with Crippen LogP contribution < -0.4 is 15.6 Å². The number of H-pyrrole nitrogens is 1. The zero-order valence-electron chi connectivity index (χ0n) is 15.4. The predicted octanol–water partition coefficient (Wildman–Crippen LogP) is 1.38. The van der Waals surface area contributed by atoms with E-state index in [9.17, 15) is 9.59 Å². The Hall–Kier alpha value is -3.49. The Labute approximate surface area is 160 Å². The molecule has 3 aromatic rings. The molecule has 1 saturated carbocycles. The first-order chi connectivity index (χ1) is 13.6. The van der Waals surface area contributed by atoms with E-state index < -0.39 is 0 Å². The number of nitrogens with zero attached hydrogens (tertiary/aromatic N) is 4. The van der Waals surface area contributed by atoms with Gasteiger partial charge in [-0.2, -0.15) is 10.2 Å². The summed E-state index contributed by atoms with van der Waals surface area (Å²) in [4.78, 5) is 27.9. The van der Waals surface area contributed by atoms with Crippen LogP contribution >= 0.6 is 0 Å². The number of hydrogen-bond donors (Lipinski definition) is 2. The Morgan fingerprint density at radius 1 is 1.29 bits per heavy atom. The molecule has 144 valence electrons. The maximum atomic E-state index is 12.5. The lowest BCUT2D eigenvalue weighted by molar-refractivity contribution is 0.0950. The highest BCUT2D eigenvalue weighted by atomic mass is 16.5. The van der Waals surface area contributed by atoms with E-state index in [0.717, 1.165) is 12.2 Å². The summed E-state index contributed by atoms with van der Waals surface area (Å²) in [5.41, 5.74) is 1.63. The molecule has 0 radical (unpaired) electrons. The minimum Gasteiger partial charge on any atom is -0.477 e. The molecule has 3 heterocycles. The summed E-state index contributed by atoms with van der Waals surface area (Å²) in [7, 11) is 0. The van der Waals surface area contributed by atoms with Crippen molar-refractivity contribution in [3.63, 3.8) is 0 Å². The predicted molar refractivity (Wildman–Crippen MR) is 100 cm³/mol. The van der Waals surface area contributed by atoms with Crippen LogP contribution in [0, 0.1) is 12.8 Å². The van der Waals surface area contributed by atoms with Gasteiger partial charge in [0.1, 0.15) is 0 Å². The molecule has 0 aliphatic heterocycles. The number of amides is 1. The quantitative estimate of drug-likeness (QED) is 0.640. The first kappa shape index (κ1) is 17.9. The molecular weight excluding hydrogens is 360 g/mol. The van der Waals surface area contributed by atoms with Crippen molar-refractivity contribution >= 4 is 5.91 Å². The van der Waals surface area contributed by atoms with Crippen LogP contribution in [0.1, 0.15) is 34.5 Å². The number of aromatic nitrogens is 5. The molecule has 3 aromatic heterocycles. The molecular formula is C19H20N6O3. The molecule has 0 saturated heterocycles. The van der Waals surface area contributed by atoms with Crippen molar-refractivity contribution < 1.29 is 9.53 Å². The van der Waals surface area contributed by atoms with Crippen LogP contribution in [0.2, 0.25) is 0 Å². The number of ether oxygens (including phenoxy) is 1. The minimum atomic E-state index is -0.302. The van der Waals surface area contributed by atoms with Gasteiger partial charge in [-0.1, -0.05) is 6.07 Å². The summed E-state index contributed by atoms with van der Waals surface area (Å²) in [6.45, 7) is 2.83. The number of aromatic amines is 1. The van der Waals surface area contributed by atoms with Crippen molar-refractivity contribution in [2.75, 3.05) is 6.61 Å². The van der Waals surface area contributed by atoms with Crippen molar-refractivity contribution in [3.8, 4) is 11.7 Å². The van der Waals surface area contributed by atoms with Gasteiger partial charge in [-0.25, -0.2) is 14.8 Å². The lowest BCUT2D eigenvalue weighted by atomic mass is 10.2. The SMILES string of the molecule is Cc1c(C(=O)NCc2ccc(OCC3CC3)nc2)cnn1-c1ccc(=O)[nH]n1. The molecule has 0 aromatic carbocycles. The average molecular weight is 380 g/mol. The standard InChI is InChI=1S/C19H20N6O3/c1-12-15(10-22-25(12)16-5-6-17(26)24-23-16)19(27)21-9-14-4-7-18(20-8-14)28-11-13-2-3-13/h4-8,10,13H,2-3,9,11H2,1H3,(H,21,27)(H,24,26). The fraction of sp³-hybridized carbons (Fsp3) is 0.316. The lowest BCUT2D eigenvalue weighted by Crippen LogP contribution is -2.23. The minimum absolute atomic E-state index is 0.248. The van der Waals surface area contributed by atoms with E-state index in [1.54, 1.807) is 19.2 Å². The van der Waals surface area contributed by atoms with Crippen LogP contribution in [0.5, 0.6) is 5.88 Å². The number of rotatable bonds is 7. The molecule has 0 spiro atoms. The lowest BCUT2D eigenvalue weighted by Gasteiger charge is -2.07. The van der Waals surface area contributed by atoms with Gasteiger partial charge in [-0.15, -0.1) is 0 Å². The molecule has 1 aliphatic carbocycles. The zero-order valence-corrected chi connectivity index (χ0v) is 15.4. The van der Waals surface area contributed by atoms with Gasteiger partial charge < -0.3 is 10.1 Å². The Bertz CT molecular complexity index is 1020. The van der Waals surface area contributed by atoms with Gasteiger partial charge >= 0.3 is 0 Å². The van der Waals surface area contributed by atoms with Crippen molar-refractivity contribution in [3.05, 3.63) is 63.8 Å². The van der Waals surface area contributed by atoms with Crippen molar-refractivity contribution in [1.29, 1.82) is 0 Å². The molecule has 2 N–H and O–H groups in total. The second-order valence-corrected chi connectivity index (χ2v) is 6.78. The summed E-state index contributed by atoms with van der Waals surface area (Å²) in [5.74, 6) is 1.47. The number of nitrogens with one attached hydrogen (secondary N) is 2. The summed E-state index contributed by atoms with van der Waals surface area (Å²) >= 11 is 0. The maximum absolute atomic E-state index is 12.5. The van der Waals surface area contributed by atoms with Crippen LogP contribution in [0.3, 0.4) is 0 Å². The van der Waals surface area contributed by atoms with E-state index in [4.69, 9.17) is 4.74 Å². The van der Waals surface area contributed by atoms with E-state index in [1.165, 1.54) is 29.8 Å². The highest BCUT2D eigenvalue weighted by molar-refractivity contribution is 5.95. The summed E-state index contributed by atoms with van der Waals surface area (Å²) in [6, 6.07) is 6.60. The molecule has 0 atom stereocenters. The van der Waals surface area contributed by atoms with Crippen LogP contribution in [-0.2, 0) is 6.54 Å². The Morgan fingerprint density at radius 3 is 2.82 bits per heavy atom. The van der Waals surface area contributed by atoms with E-state index in [0.29, 0.717) is 35.4 Å². The third-order valence-electron chi connectivity index (χ3n) is 4.55. The van der Waals surface area contributed by atoms with Gasteiger partial charge in [-0.05, 0) is 37.3 Å². The molecule has 28 heavy (non-hydrogen) atoms. The van der Waals surface area contributed by atoms with E-state index in [2.05, 4.69) is 25.6 Å². The topological polar surface area (TPSA) is 115 Å². The van der Waals surface area contributed by atoms with E-state index in [-0.39, 0.29) is 11.5 Å².